The standard InChI is InChI=1S/C23H26FN7O2/c1-23-9-8-14(11-27-23)19(20(23)24)31(2)18-7-6-16(29-30-18)15-5-4-13(10-17(15)32)21-25-12-26-22(28-21)33-3/h4-7,10,12,14,19-20,27,32H,8-9,11H2,1-3H3/t14-,19-,20+,23-/m0/s1. The highest BCUT2D eigenvalue weighted by Crippen LogP contribution is 2.42. The third kappa shape index (κ3) is 3.74. The highest BCUT2D eigenvalue weighted by atomic mass is 19.1. The van der Waals surface area contributed by atoms with Crippen LogP contribution >= 0.6 is 0 Å². The first kappa shape index (κ1) is 21.4. The van der Waals surface area contributed by atoms with E-state index in [1.165, 1.54) is 13.4 Å². The molecule has 33 heavy (non-hydrogen) atoms. The third-order valence-corrected chi connectivity index (χ3v) is 6.92. The number of aromatic nitrogens is 5. The summed E-state index contributed by atoms with van der Waals surface area (Å²) in [5.41, 5.74) is 1.17. The molecule has 1 aliphatic carbocycles. The summed E-state index contributed by atoms with van der Waals surface area (Å²) in [4.78, 5) is 14.1. The molecular formula is C23H26FN7O2. The van der Waals surface area contributed by atoms with Crippen LogP contribution in [-0.2, 0) is 0 Å². The van der Waals surface area contributed by atoms with Crippen molar-refractivity contribution in [2.24, 2.45) is 5.92 Å². The summed E-state index contributed by atoms with van der Waals surface area (Å²) in [6.07, 6.45) is 2.21. The van der Waals surface area contributed by atoms with E-state index in [0.717, 1.165) is 19.4 Å². The van der Waals surface area contributed by atoms with Gasteiger partial charge < -0.3 is 20.1 Å². The Morgan fingerprint density at radius 3 is 2.73 bits per heavy atom. The van der Waals surface area contributed by atoms with Gasteiger partial charge in [0.15, 0.2) is 11.6 Å². The third-order valence-electron chi connectivity index (χ3n) is 6.92. The highest BCUT2D eigenvalue weighted by Gasteiger charge is 2.53. The quantitative estimate of drug-likeness (QED) is 0.605. The lowest BCUT2D eigenvalue weighted by Gasteiger charge is -2.54. The monoisotopic (exact) mass is 451 g/mol. The summed E-state index contributed by atoms with van der Waals surface area (Å²) in [7, 11) is 3.35. The predicted molar refractivity (Wildman–Crippen MR) is 121 cm³/mol. The average molecular weight is 452 g/mol. The predicted octanol–water partition coefficient (Wildman–Crippen LogP) is 2.62. The minimum Gasteiger partial charge on any atom is -0.507 e. The Balaban J connectivity index is 1.37. The number of phenols is 1. The van der Waals surface area contributed by atoms with Gasteiger partial charge in [0.05, 0.1) is 18.8 Å². The first-order chi connectivity index (χ1) is 15.9. The summed E-state index contributed by atoms with van der Waals surface area (Å²) < 4.78 is 20.3. The van der Waals surface area contributed by atoms with Crippen LogP contribution in [0.1, 0.15) is 19.8 Å². The Morgan fingerprint density at radius 1 is 1.21 bits per heavy atom. The van der Waals surface area contributed by atoms with Crippen LogP contribution in [0.25, 0.3) is 22.6 Å². The number of benzene rings is 1. The second kappa shape index (κ2) is 8.18. The zero-order valence-corrected chi connectivity index (χ0v) is 18.7. The minimum absolute atomic E-state index is 0.0229. The minimum atomic E-state index is -0.984. The number of halogens is 1. The van der Waals surface area contributed by atoms with Gasteiger partial charge in [-0.25, -0.2) is 9.37 Å². The first-order valence-electron chi connectivity index (χ1n) is 10.9. The summed E-state index contributed by atoms with van der Waals surface area (Å²) in [5.74, 6) is 1.25. The van der Waals surface area contributed by atoms with Crippen molar-refractivity contribution in [3.8, 4) is 34.4 Å². The molecule has 3 aliphatic rings. The average Bonchev–Trinajstić information content (AvgIpc) is 2.85. The van der Waals surface area contributed by atoms with Crippen LogP contribution in [-0.4, -0.2) is 68.7 Å². The van der Waals surface area contributed by atoms with Crippen molar-refractivity contribution in [1.82, 2.24) is 30.5 Å². The van der Waals surface area contributed by atoms with Gasteiger partial charge >= 0.3 is 6.01 Å². The number of piperidine rings is 2. The smallest absolute Gasteiger partial charge is 0.319 e. The number of rotatable bonds is 5. The zero-order chi connectivity index (χ0) is 23.2. The van der Waals surface area contributed by atoms with Crippen LogP contribution in [0.3, 0.4) is 0 Å². The topological polar surface area (TPSA) is 109 Å². The molecule has 0 radical (unpaired) electrons. The van der Waals surface area contributed by atoms with E-state index >= 15 is 4.39 Å². The number of hydrogen-bond acceptors (Lipinski definition) is 9. The van der Waals surface area contributed by atoms with Gasteiger partial charge in [-0.05, 0) is 49.9 Å². The molecule has 3 aromatic rings. The molecule has 4 heterocycles. The van der Waals surface area contributed by atoms with Gasteiger partial charge in [0.2, 0.25) is 0 Å². The van der Waals surface area contributed by atoms with Gasteiger partial charge in [0, 0.05) is 30.3 Å². The normalized spacial score (nSPS) is 26.2. The van der Waals surface area contributed by atoms with Crippen molar-refractivity contribution in [3.63, 3.8) is 0 Å². The zero-order valence-electron chi connectivity index (χ0n) is 18.7. The van der Waals surface area contributed by atoms with Crippen molar-refractivity contribution in [1.29, 1.82) is 0 Å². The second-order valence-electron chi connectivity index (χ2n) is 8.90. The van der Waals surface area contributed by atoms with E-state index in [1.807, 2.05) is 24.9 Å². The second-order valence-corrected chi connectivity index (χ2v) is 8.90. The molecule has 0 unspecified atom stereocenters. The number of alkyl halides is 1. The van der Waals surface area contributed by atoms with Crippen molar-refractivity contribution in [3.05, 3.63) is 36.7 Å². The molecule has 9 nitrogen and oxygen atoms in total. The fraction of sp³-hybridized carbons (Fsp3) is 0.435. The van der Waals surface area contributed by atoms with E-state index in [9.17, 15) is 5.11 Å². The van der Waals surface area contributed by atoms with Crippen molar-refractivity contribution in [2.75, 3.05) is 25.6 Å². The van der Waals surface area contributed by atoms with Crippen LogP contribution in [0, 0.1) is 5.92 Å². The molecule has 10 heteroatoms. The summed E-state index contributed by atoms with van der Waals surface area (Å²) in [5, 5.41) is 22.6. The van der Waals surface area contributed by atoms with E-state index in [-0.39, 0.29) is 23.7 Å². The highest BCUT2D eigenvalue weighted by molar-refractivity contribution is 5.72. The number of anilines is 1. The molecule has 172 valence electrons. The molecule has 2 saturated heterocycles. The van der Waals surface area contributed by atoms with Crippen LogP contribution in [0.2, 0.25) is 0 Å². The summed E-state index contributed by atoms with van der Waals surface area (Å²) >= 11 is 0. The van der Waals surface area contributed by atoms with Crippen molar-refractivity contribution < 1.29 is 14.2 Å². The van der Waals surface area contributed by atoms with E-state index in [4.69, 9.17) is 4.74 Å². The Morgan fingerprint density at radius 2 is 2.06 bits per heavy atom. The van der Waals surface area contributed by atoms with Crippen molar-refractivity contribution >= 4 is 5.82 Å². The largest absolute Gasteiger partial charge is 0.507 e. The van der Waals surface area contributed by atoms with E-state index < -0.39 is 11.7 Å². The number of ether oxygens (including phenoxy) is 1. The first-order valence-corrected chi connectivity index (χ1v) is 10.9. The van der Waals surface area contributed by atoms with E-state index in [2.05, 4.69) is 30.5 Å². The number of methoxy groups -OCH3 is 1. The lowest BCUT2D eigenvalue weighted by Crippen LogP contribution is -2.70. The van der Waals surface area contributed by atoms with E-state index in [0.29, 0.717) is 28.5 Å². The Bertz CT molecular complexity index is 1150. The van der Waals surface area contributed by atoms with Crippen LogP contribution in [0.5, 0.6) is 11.8 Å². The molecule has 1 saturated carbocycles. The molecule has 6 rings (SSSR count). The van der Waals surface area contributed by atoms with Gasteiger partial charge in [-0.3, -0.25) is 0 Å². The fourth-order valence-corrected chi connectivity index (χ4v) is 4.91. The van der Waals surface area contributed by atoms with Gasteiger partial charge in [0.25, 0.3) is 0 Å². The summed E-state index contributed by atoms with van der Waals surface area (Å²) in [6, 6.07) is 8.64. The number of fused-ring (bicyclic) bond motifs is 3. The Kier molecular flexibility index (Phi) is 5.32. The maximum Gasteiger partial charge on any atom is 0.319 e. The van der Waals surface area contributed by atoms with Gasteiger partial charge in [-0.15, -0.1) is 10.2 Å². The molecule has 4 atom stereocenters. The van der Waals surface area contributed by atoms with Gasteiger partial charge in [0.1, 0.15) is 18.2 Å². The van der Waals surface area contributed by atoms with Crippen LogP contribution < -0.4 is 15.0 Å². The van der Waals surface area contributed by atoms with Crippen molar-refractivity contribution in [2.45, 2.75) is 37.5 Å². The maximum absolute atomic E-state index is 15.3. The number of hydrogen-bond donors (Lipinski definition) is 2. The number of phenolic OH excluding ortho intramolecular Hbond substituents is 1. The molecule has 2 N–H and O–H groups in total. The van der Waals surface area contributed by atoms with Crippen LogP contribution in [0.4, 0.5) is 10.2 Å². The molecule has 0 spiro atoms. The molecule has 3 fully saturated rings. The SMILES string of the molecule is COc1ncnc(-c2ccc(-c3ccc(N(C)[C@H]4[C@H]5CC[C@](C)(NC5)[C@@H]4F)nn3)c(O)c2)n1. The summed E-state index contributed by atoms with van der Waals surface area (Å²) in [6.45, 7) is 2.77. The van der Waals surface area contributed by atoms with Gasteiger partial charge in [-0.2, -0.15) is 9.97 Å². The number of nitrogens with one attached hydrogen (secondary N) is 1. The molecule has 0 amide bonds. The molecule has 2 bridgehead atoms. The number of aromatic hydroxyl groups is 1. The van der Waals surface area contributed by atoms with Crippen LogP contribution in [0.15, 0.2) is 36.7 Å². The molecule has 1 aromatic carbocycles. The van der Waals surface area contributed by atoms with Gasteiger partial charge in [-0.1, -0.05) is 6.07 Å². The Hall–Kier alpha value is -3.40. The maximum atomic E-state index is 15.3. The lowest BCUT2D eigenvalue weighted by atomic mass is 9.68. The molecule has 2 aromatic heterocycles. The number of nitrogens with zero attached hydrogens (tertiary/aromatic N) is 6. The lowest BCUT2D eigenvalue weighted by molar-refractivity contribution is 0.0102. The molecular weight excluding hydrogens is 425 g/mol. The molecule has 2 aliphatic heterocycles. The fourth-order valence-electron chi connectivity index (χ4n) is 4.91. The van der Waals surface area contributed by atoms with E-state index in [1.54, 1.807) is 24.3 Å². The Labute approximate surface area is 191 Å².